The van der Waals surface area contributed by atoms with Crippen molar-refractivity contribution >= 4 is 27.3 Å². The molecule has 0 saturated carbocycles. The number of nitrogens with two attached hydrogens (primary N) is 1. The number of rotatable bonds is 3. The number of nitrogen functional groups attached to an aromatic ring is 1. The van der Waals surface area contributed by atoms with Crippen LogP contribution in [0.5, 0.6) is 0 Å². The zero-order chi connectivity index (χ0) is 13.3. The Kier molecular flexibility index (Phi) is 3.32. The molecule has 0 amide bonds. The van der Waals surface area contributed by atoms with Gasteiger partial charge in [-0.15, -0.1) is 0 Å². The maximum atomic E-state index is 12.0. The van der Waals surface area contributed by atoms with E-state index in [1.165, 1.54) is 24.3 Å². The molecule has 0 aliphatic carbocycles. The zero-order valence-electron chi connectivity index (χ0n) is 9.55. The third-order valence-electron chi connectivity index (χ3n) is 2.46. The van der Waals surface area contributed by atoms with Crippen LogP contribution in [-0.2, 0) is 9.84 Å². The van der Waals surface area contributed by atoms with Crippen molar-refractivity contribution in [1.29, 1.82) is 0 Å². The second kappa shape index (κ2) is 4.62. The van der Waals surface area contributed by atoms with Crippen LogP contribution in [0.2, 0.25) is 5.02 Å². The van der Waals surface area contributed by atoms with Crippen molar-refractivity contribution in [3.63, 3.8) is 0 Å². The Morgan fingerprint density at radius 1 is 1.39 bits per heavy atom. The molecule has 0 saturated heterocycles. The maximum absolute atomic E-state index is 12.0. The minimum absolute atomic E-state index is 0.00499. The summed E-state index contributed by atoms with van der Waals surface area (Å²) in [6, 6.07) is 5.97. The van der Waals surface area contributed by atoms with Gasteiger partial charge in [0.1, 0.15) is 5.69 Å². The van der Waals surface area contributed by atoms with Gasteiger partial charge in [-0.1, -0.05) is 23.7 Å². The van der Waals surface area contributed by atoms with Crippen molar-refractivity contribution in [1.82, 2.24) is 5.16 Å². The monoisotopic (exact) mass is 286 g/mol. The number of halogens is 1. The Morgan fingerprint density at radius 3 is 2.67 bits per heavy atom. The van der Waals surface area contributed by atoms with Crippen LogP contribution in [0.15, 0.2) is 33.7 Å². The third-order valence-corrected chi connectivity index (χ3v) is 4.48. The zero-order valence-corrected chi connectivity index (χ0v) is 11.1. The van der Waals surface area contributed by atoms with Crippen molar-refractivity contribution in [3.05, 3.63) is 29.3 Å². The van der Waals surface area contributed by atoms with Gasteiger partial charge >= 0.3 is 0 Å². The molecule has 0 fully saturated rings. The molecule has 0 atom stereocenters. The fraction of sp³-hybridized carbons (Fsp3) is 0.182. The molecule has 2 rings (SSSR count). The summed E-state index contributed by atoms with van der Waals surface area (Å²) in [7, 11) is -3.37. The Balaban J connectivity index is 2.69. The lowest BCUT2D eigenvalue weighted by molar-refractivity contribution is 0.439. The van der Waals surface area contributed by atoms with E-state index < -0.39 is 9.84 Å². The van der Waals surface area contributed by atoms with Gasteiger partial charge in [0, 0.05) is 16.7 Å². The van der Waals surface area contributed by atoms with E-state index in [0.29, 0.717) is 16.3 Å². The molecule has 2 aromatic rings. The van der Waals surface area contributed by atoms with E-state index in [9.17, 15) is 8.42 Å². The Labute approximate surface area is 109 Å². The number of anilines is 1. The minimum Gasteiger partial charge on any atom is -0.368 e. The van der Waals surface area contributed by atoms with Gasteiger partial charge in [0.2, 0.25) is 5.88 Å². The molecule has 5 nitrogen and oxygen atoms in total. The predicted octanol–water partition coefficient (Wildman–Crippen LogP) is 2.37. The van der Waals surface area contributed by atoms with Crippen LogP contribution in [0.25, 0.3) is 11.3 Å². The van der Waals surface area contributed by atoms with E-state index in [1.54, 1.807) is 6.92 Å². The number of benzene rings is 1. The highest BCUT2D eigenvalue weighted by Crippen LogP contribution is 2.30. The van der Waals surface area contributed by atoms with Crippen LogP contribution in [0, 0.1) is 0 Å². The molecule has 0 radical (unpaired) electrons. The third kappa shape index (κ3) is 2.34. The van der Waals surface area contributed by atoms with E-state index in [0.717, 1.165) is 0 Å². The molecule has 0 unspecified atom stereocenters. The highest BCUT2D eigenvalue weighted by molar-refractivity contribution is 7.91. The number of hydrogen-bond donors (Lipinski definition) is 1. The van der Waals surface area contributed by atoms with Gasteiger partial charge in [-0.3, -0.25) is 0 Å². The van der Waals surface area contributed by atoms with Crippen LogP contribution in [-0.4, -0.2) is 19.3 Å². The van der Waals surface area contributed by atoms with Crippen LogP contribution in [0.1, 0.15) is 6.92 Å². The molecule has 0 spiro atoms. The second-order valence-electron chi connectivity index (χ2n) is 3.66. The van der Waals surface area contributed by atoms with Crippen molar-refractivity contribution < 1.29 is 12.9 Å². The van der Waals surface area contributed by atoms with Gasteiger partial charge in [0.05, 0.1) is 10.6 Å². The van der Waals surface area contributed by atoms with E-state index >= 15 is 0 Å². The first-order chi connectivity index (χ1) is 8.44. The number of nitrogens with zero attached hydrogens (tertiary/aromatic N) is 1. The highest BCUT2D eigenvalue weighted by Gasteiger charge is 2.20. The lowest BCUT2D eigenvalue weighted by Crippen LogP contribution is -2.05. The van der Waals surface area contributed by atoms with Gasteiger partial charge in [-0.2, -0.15) is 0 Å². The number of hydrogen-bond acceptors (Lipinski definition) is 5. The van der Waals surface area contributed by atoms with Crippen LogP contribution in [0.4, 0.5) is 5.88 Å². The summed E-state index contributed by atoms with van der Waals surface area (Å²) < 4.78 is 28.7. The summed E-state index contributed by atoms with van der Waals surface area (Å²) in [6.45, 7) is 1.57. The van der Waals surface area contributed by atoms with Gasteiger partial charge in [-0.05, 0) is 18.2 Å². The average molecular weight is 287 g/mol. The SMILES string of the molecule is CCS(=O)(=O)c1ccc(Cl)cc1-c1cc(N)on1. The molecule has 2 N–H and O–H groups in total. The lowest BCUT2D eigenvalue weighted by Gasteiger charge is -2.07. The normalized spacial score (nSPS) is 11.7. The van der Waals surface area contributed by atoms with Gasteiger partial charge in [0.15, 0.2) is 9.84 Å². The fourth-order valence-electron chi connectivity index (χ4n) is 1.55. The molecular formula is C11H11ClN2O3S. The Bertz CT molecular complexity index is 679. The van der Waals surface area contributed by atoms with Gasteiger partial charge in [-0.25, -0.2) is 8.42 Å². The standard InChI is InChI=1S/C11H11ClN2O3S/c1-2-18(15,16)10-4-3-7(12)5-8(10)9-6-11(13)17-14-9/h3-6H,2,13H2,1H3. The second-order valence-corrected chi connectivity index (χ2v) is 6.34. The smallest absolute Gasteiger partial charge is 0.222 e. The van der Waals surface area contributed by atoms with Gasteiger partial charge in [0.25, 0.3) is 0 Å². The molecule has 1 aromatic heterocycles. The summed E-state index contributed by atoms with van der Waals surface area (Å²) >= 11 is 5.88. The van der Waals surface area contributed by atoms with Crippen LogP contribution < -0.4 is 5.73 Å². The van der Waals surface area contributed by atoms with Crippen LogP contribution >= 0.6 is 11.6 Å². The van der Waals surface area contributed by atoms with E-state index in [4.69, 9.17) is 21.9 Å². The first-order valence-electron chi connectivity index (χ1n) is 5.19. The number of aromatic nitrogens is 1. The molecule has 18 heavy (non-hydrogen) atoms. The average Bonchev–Trinajstić information content (AvgIpc) is 2.75. The van der Waals surface area contributed by atoms with E-state index in [2.05, 4.69) is 5.16 Å². The lowest BCUT2D eigenvalue weighted by atomic mass is 10.1. The van der Waals surface area contributed by atoms with Crippen LogP contribution in [0.3, 0.4) is 0 Å². The van der Waals surface area contributed by atoms with Crippen molar-refractivity contribution in [2.24, 2.45) is 0 Å². The molecular weight excluding hydrogens is 276 g/mol. The Morgan fingerprint density at radius 2 is 2.11 bits per heavy atom. The number of sulfone groups is 1. The predicted molar refractivity (Wildman–Crippen MR) is 69.1 cm³/mol. The van der Waals surface area contributed by atoms with Crippen molar-refractivity contribution in [2.45, 2.75) is 11.8 Å². The molecule has 1 aromatic carbocycles. The quantitative estimate of drug-likeness (QED) is 0.936. The molecule has 1 heterocycles. The van der Waals surface area contributed by atoms with Crippen molar-refractivity contribution in [2.75, 3.05) is 11.5 Å². The first-order valence-corrected chi connectivity index (χ1v) is 7.22. The summed E-state index contributed by atoms with van der Waals surface area (Å²) in [5, 5.41) is 4.13. The molecule has 7 heteroatoms. The van der Waals surface area contributed by atoms with E-state index in [-0.39, 0.29) is 16.5 Å². The molecule has 0 aliphatic heterocycles. The summed E-state index contributed by atoms with van der Waals surface area (Å²) in [5.41, 5.74) is 6.18. The largest absolute Gasteiger partial charge is 0.368 e. The topological polar surface area (TPSA) is 86.2 Å². The summed E-state index contributed by atoms with van der Waals surface area (Å²) in [6.07, 6.45) is 0. The van der Waals surface area contributed by atoms with Gasteiger partial charge < -0.3 is 10.3 Å². The Hall–Kier alpha value is -1.53. The molecule has 96 valence electrons. The minimum atomic E-state index is -3.37. The summed E-state index contributed by atoms with van der Waals surface area (Å²) in [5.74, 6) is 0.111. The molecule has 0 aliphatic rings. The maximum Gasteiger partial charge on any atom is 0.222 e. The molecule has 0 bridgehead atoms. The first kappa shape index (κ1) is 12.9. The highest BCUT2D eigenvalue weighted by atomic mass is 35.5. The fourth-order valence-corrected chi connectivity index (χ4v) is 2.80. The summed E-state index contributed by atoms with van der Waals surface area (Å²) in [4.78, 5) is 0.169. The van der Waals surface area contributed by atoms with Crippen molar-refractivity contribution in [3.8, 4) is 11.3 Å². The van der Waals surface area contributed by atoms with E-state index in [1.807, 2.05) is 0 Å².